The first kappa shape index (κ1) is 27.6. The van der Waals surface area contributed by atoms with Crippen molar-refractivity contribution >= 4 is 10.1 Å². The Morgan fingerprint density at radius 2 is 1.64 bits per heavy atom. The molecule has 6 rings (SSSR count). The zero-order chi connectivity index (χ0) is 28.4. The topological polar surface area (TPSA) is 61.8 Å². The molecule has 0 unspecified atom stereocenters. The van der Waals surface area contributed by atoms with Gasteiger partial charge in [-0.1, -0.05) is 46.3 Å². The summed E-state index contributed by atoms with van der Waals surface area (Å²) in [7, 11) is -3.45. The quantitative estimate of drug-likeness (QED) is 0.283. The minimum atomic E-state index is -3.45. The Morgan fingerprint density at radius 1 is 0.949 bits per heavy atom. The van der Waals surface area contributed by atoms with Crippen LogP contribution in [-0.2, 0) is 26.1 Å². The Hall–Kier alpha value is -1.53. The lowest BCUT2D eigenvalue weighted by Gasteiger charge is -2.70. The van der Waals surface area contributed by atoms with Crippen LogP contribution in [0.2, 0.25) is 0 Å². The van der Waals surface area contributed by atoms with Crippen LogP contribution in [0.1, 0.15) is 110 Å². The molecule has 0 saturated heterocycles. The number of rotatable bonds is 3. The minimum Gasteiger partial charge on any atom is -0.449 e. The molecule has 0 aromatic heterocycles. The third kappa shape index (κ3) is 3.90. The summed E-state index contributed by atoms with van der Waals surface area (Å²) in [5.41, 5.74) is 6.07. The van der Waals surface area contributed by atoms with Gasteiger partial charge >= 0.3 is 0 Å². The maximum Gasteiger partial charge on any atom is 0.264 e. The summed E-state index contributed by atoms with van der Waals surface area (Å²) in [5, 5.41) is 0. The summed E-state index contributed by atoms with van der Waals surface area (Å²) in [6, 6.07) is 2.30. The highest BCUT2D eigenvalue weighted by molar-refractivity contribution is 7.85. The Bertz CT molecular complexity index is 1380. The molecular formula is C33H48O5S. The van der Waals surface area contributed by atoms with E-state index in [2.05, 4.69) is 53.7 Å². The molecule has 1 aromatic rings. The second kappa shape index (κ2) is 8.06. The second-order valence-electron chi connectivity index (χ2n) is 15.6. The van der Waals surface area contributed by atoms with Crippen LogP contribution in [0.25, 0.3) is 0 Å². The fraction of sp³-hybridized carbons (Fsp3) is 0.758. The molecular weight excluding hydrogens is 508 g/mol. The van der Waals surface area contributed by atoms with Crippen molar-refractivity contribution in [3.05, 3.63) is 34.4 Å². The highest BCUT2D eigenvalue weighted by atomic mass is 32.2. The standard InChI is InChI=1S/C33H48O5S/c1-21-22-10-11-25-31(6,23(22)18-24-27(21)38-28(2,3)37-24)15-17-33(8)26-19-29(4,20-36-39(9,34)35)12-13-30(26,5)14-16-32(25,33)7/h11,18,26H,10,12-17,19-20H2,1-9H3/t26-,29-,30-,31+,32-,33+/m1/s1. The Morgan fingerprint density at radius 3 is 2.33 bits per heavy atom. The van der Waals surface area contributed by atoms with Crippen molar-refractivity contribution < 1.29 is 22.1 Å². The van der Waals surface area contributed by atoms with E-state index in [4.69, 9.17) is 13.7 Å². The van der Waals surface area contributed by atoms with Crippen molar-refractivity contribution in [3.63, 3.8) is 0 Å². The van der Waals surface area contributed by atoms with Crippen LogP contribution in [0, 0.1) is 34.5 Å². The molecule has 0 spiro atoms. The number of allylic oxidation sites excluding steroid dienone is 2. The molecule has 3 saturated carbocycles. The average molecular weight is 557 g/mol. The molecule has 6 heteroatoms. The van der Waals surface area contributed by atoms with Gasteiger partial charge in [0.25, 0.3) is 10.1 Å². The predicted molar refractivity (Wildman–Crippen MR) is 155 cm³/mol. The van der Waals surface area contributed by atoms with Crippen molar-refractivity contribution in [2.75, 3.05) is 12.9 Å². The van der Waals surface area contributed by atoms with Crippen molar-refractivity contribution in [1.29, 1.82) is 0 Å². The maximum absolute atomic E-state index is 11.9. The fourth-order valence-electron chi connectivity index (χ4n) is 9.86. The van der Waals surface area contributed by atoms with Gasteiger partial charge < -0.3 is 9.47 Å². The molecule has 5 aliphatic rings. The Balaban J connectivity index is 1.39. The van der Waals surface area contributed by atoms with Gasteiger partial charge in [0.2, 0.25) is 5.79 Å². The predicted octanol–water partition coefficient (Wildman–Crippen LogP) is 7.63. The van der Waals surface area contributed by atoms with Crippen LogP contribution in [-0.4, -0.2) is 27.1 Å². The fourth-order valence-corrected chi connectivity index (χ4v) is 10.4. The van der Waals surface area contributed by atoms with Crippen molar-refractivity contribution in [3.8, 4) is 11.5 Å². The van der Waals surface area contributed by atoms with Gasteiger partial charge in [0.15, 0.2) is 11.5 Å². The van der Waals surface area contributed by atoms with Gasteiger partial charge in [-0.05, 0) is 109 Å². The zero-order valence-corrected chi connectivity index (χ0v) is 26.4. The molecule has 1 aliphatic heterocycles. The molecule has 0 radical (unpaired) electrons. The highest BCUT2D eigenvalue weighted by Crippen LogP contribution is 2.74. The molecule has 6 atom stereocenters. The number of ether oxygens (including phenoxy) is 2. The Kier molecular flexibility index (Phi) is 5.71. The van der Waals surface area contributed by atoms with Gasteiger partial charge in [-0.3, -0.25) is 4.18 Å². The lowest BCUT2D eigenvalue weighted by Crippen LogP contribution is -2.62. The lowest BCUT2D eigenvalue weighted by molar-refractivity contribution is -0.162. The van der Waals surface area contributed by atoms with Gasteiger partial charge in [0.1, 0.15) is 0 Å². The monoisotopic (exact) mass is 556 g/mol. The largest absolute Gasteiger partial charge is 0.449 e. The van der Waals surface area contributed by atoms with E-state index >= 15 is 0 Å². The molecule has 4 aliphatic carbocycles. The highest BCUT2D eigenvalue weighted by Gasteiger charge is 2.66. The molecule has 1 aromatic carbocycles. The third-order valence-corrected chi connectivity index (χ3v) is 13.0. The summed E-state index contributed by atoms with van der Waals surface area (Å²) >= 11 is 0. The van der Waals surface area contributed by atoms with E-state index in [1.807, 2.05) is 13.8 Å². The zero-order valence-electron chi connectivity index (χ0n) is 25.5. The first-order chi connectivity index (χ1) is 17.9. The lowest BCUT2D eigenvalue weighted by atomic mass is 9.34. The molecule has 5 nitrogen and oxygen atoms in total. The minimum absolute atomic E-state index is 0.0250. The van der Waals surface area contributed by atoms with Gasteiger partial charge in [0, 0.05) is 19.3 Å². The van der Waals surface area contributed by atoms with Crippen molar-refractivity contribution in [1.82, 2.24) is 0 Å². The number of fused-ring (bicyclic) bond motifs is 8. The summed E-state index contributed by atoms with van der Waals surface area (Å²) < 4.78 is 41.7. The molecule has 216 valence electrons. The van der Waals surface area contributed by atoms with Crippen LogP contribution in [0.4, 0.5) is 0 Å². The number of hydrogen-bond acceptors (Lipinski definition) is 5. The van der Waals surface area contributed by atoms with E-state index in [-0.39, 0.29) is 27.1 Å². The molecule has 0 bridgehead atoms. The van der Waals surface area contributed by atoms with Crippen LogP contribution in [0.15, 0.2) is 17.7 Å². The molecule has 0 amide bonds. The smallest absolute Gasteiger partial charge is 0.264 e. The first-order valence-electron chi connectivity index (χ1n) is 15.0. The normalized spacial score (nSPS) is 42.1. The van der Waals surface area contributed by atoms with Gasteiger partial charge in [-0.2, -0.15) is 8.42 Å². The van der Waals surface area contributed by atoms with Crippen LogP contribution in [0.5, 0.6) is 11.5 Å². The third-order valence-electron chi connectivity index (χ3n) is 12.4. The van der Waals surface area contributed by atoms with Crippen LogP contribution in [0.3, 0.4) is 0 Å². The summed E-state index contributed by atoms with van der Waals surface area (Å²) in [4.78, 5) is 0. The summed E-state index contributed by atoms with van der Waals surface area (Å²) in [6.45, 7) is 18.8. The molecule has 3 fully saturated rings. The average Bonchev–Trinajstić information content (AvgIpc) is 3.15. The number of hydrogen-bond donors (Lipinski definition) is 0. The molecule has 1 heterocycles. The van der Waals surface area contributed by atoms with Crippen LogP contribution < -0.4 is 9.47 Å². The van der Waals surface area contributed by atoms with E-state index in [0.29, 0.717) is 12.5 Å². The van der Waals surface area contributed by atoms with Crippen LogP contribution >= 0.6 is 0 Å². The van der Waals surface area contributed by atoms with E-state index in [9.17, 15) is 8.42 Å². The van der Waals surface area contributed by atoms with Crippen molar-refractivity contribution in [2.24, 2.45) is 27.6 Å². The first-order valence-corrected chi connectivity index (χ1v) is 16.8. The SMILES string of the molecule is Cc1c2c(cc3c1OC(C)(C)O3)[C@]1(C)CC[C@@]3(C)[C@@H]4C[C@](C)(COS(C)(=O)=O)CC[C@]4(C)CC[C@]3(C)C1=CC2. The van der Waals surface area contributed by atoms with Gasteiger partial charge in [-0.25, -0.2) is 0 Å². The van der Waals surface area contributed by atoms with E-state index < -0.39 is 15.9 Å². The number of benzene rings is 1. The maximum atomic E-state index is 11.9. The van der Waals surface area contributed by atoms with E-state index in [1.165, 1.54) is 42.2 Å². The molecule has 39 heavy (non-hydrogen) atoms. The van der Waals surface area contributed by atoms with Gasteiger partial charge in [-0.15, -0.1) is 0 Å². The van der Waals surface area contributed by atoms with E-state index in [0.717, 1.165) is 43.6 Å². The second-order valence-corrected chi connectivity index (χ2v) is 17.2. The van der Waals surface area contributed by atoms with Crippen molar-refractivity contribution in [2.45, 2.75) is 118 Å². The van der Waals surface area contributed by atoms with E-state index in [1.54, 1.807) is 5.57 Å². The summed E-state index contributed by atoms with van der Waals surface area (Å²) in [6.07, 6.45) is 12.6. The summed E-state index contributed by atoms with van der Waals surface area (Å²) in [5.74, 6) is 1.70. The Labute approximate surface area is 236 Å². The molecule has 0 N–H and O–H groups in total. The van der Waals surface area contributed by atoms with Gasteiger partial charge in [0.05, 0.1) is 12.9 Å².